The van der Waals surface area contributed by atoms with E-state index in [1.165, 1.54) is 21.9 Å². The van der Waals surface area contributed by atoms with Crippen LogP contribution in [0.5, 0.6) is 0 Å². The van der Waals surface area contributed by atoms with E-state index < -0.39 is 11.6 Å². The fourth-order valence-electron chi connectivity index (χ4n) is 1.92. The van der Waals surface area contributed by atoms with E-state index in [1.807, 2.05) is 6.92 Å². The summed E-state index contributed by atoms with van der Waals surface area (Å²) in [5.41, 5.74) is 0.494. The van der Waals surface area contributed by atoms with Crippen molar-refractivity contribution in [2.45, 2.75) is 32.9 Å². The average Bonchev–Trinajstić information content (AvgIpc) is 2.84. The molecular formula is C15H17F2NS. The van der Waals surface area contributed by atoms with Gasteiger partial charge in [-0.15, -0.1) is 11.3 Å². The summed E-state index contributed by atoms with van der Waals surface area (Å²) in [6, 6.07) is 7.77. The topological polar surface area (TPSA) is 12.0 Å². The van der Waals surface area contributed by atoms with E-state index in [-0.39, 0.29) is 6.04 Å². The molecule has 2 rings (SSSR count). The minimum absolute atomic E-state index is 0.146. The summed E-state index contributed by atoms with van der Waals surface area (Å²) in [7, 11) is 0. The molecule has 4 heteroatoms. The van der Waals surface area contributed by atoms with Crippen LogP contribution in [-0.2, 0) is 13.0 Å². The van der Waals surface area contributed by atoms with Crippen molar-refractivity contribution in [2.24, 2.45) is 0 Å². The van der Waals surface area contributed by atoms with Crippen molar-refractivity contribution >= 4 is 11.3 Å². The number of nitrogens with one attached hydrogen (secondary N) is 1. The molecule has 0 radical (unpaired) electrons. The van der Waals surface area contributed by atoms with Crippen molar-refractivity contribution in [3.8, 4) is 0 Å². The third kappa shape index (κ3) is 3.61. The minimum Gasteiger partial charge on any atom is -0.305 e. The minimum atomic E-state index is -0.542. The van der Waals surface area contributed by atoms with Crippen molar-refractivity contribution < 1.29 is 8.78 Å². The number of halogens is 2. The van der Waals surface area contributed by atoms with Crippen LogP contribution in [0.25, 0.3) is 0 Å². The van der Waals surface area contributed by atoms with Gasteiger partial charge in [-0.2, -0.15) is 0 Å². The lowest BCUT2D eigenvalue weighted by Crippen LogP contribution is -2.18. The van der Waals surface area contributed by atoms with E-state index in [1.54, 1.807) is 11.3 Å². The molecule has 0 saturated carbocycles. The third-order valence-electron chi connectivity index (χ3n) is 3.08. The smallest absolute Gasteiger partial charge is 0.130 e. The average molecular weight is 281 g/mol. The highest BCUT2D eigenvalue weighted by molar-refractivity contribution is 7.11. The zero-order chi connectivity index (χ0) is 13.8. The first-order valence-electron chi connectivity index (χ1n) is 6.36. The normalized spacial score (nSPS) is 12.6. The van der Waals surface area contributed by atoms with Crippen LogP contribution < -0.4 is 5.32 Å². The van der Waals surface area contributed by atoms with Crippen LogP contribution in [0.15, 0.2) is 30.3 Å². The third-order valence-corrected chi connectivity index (χ3v) is 4.31. The van der Waals surface area contributed by atoms with E-state index in [9.17, 15) is 8.78 Å². The zero-order valence-electron chi connectivity index (χ0n) is 11.0. The molecule has 0 aliphatic rings. The van der Waals surface area contributed by atoms with Gasteiger partial charge in [0.2, 0.25) is 0 Å². The quantitative estimate of drug-likeness (QED) is 0.854. The Balaban J connectivity index is 1.98. The molecule has 1 N–H and O–H groups in total. The molecule has 1 heterocycles. The van der Waals surface area contributed by atoms with E-state index >= 15 is 0 Å². The Bertz CT molecular complexity index is 551. The second-order valence-electron chi connectivity index (χ2n) is 4.49. The summed E-state index contributed by atoms with van der Waals surface area (Å²) in [6.07, 6.45) is 1.03. The fraction of sp³-hybridized carbons (Fsp3) is 0.333. The van der Waals surface area contributed by atoms with Gasteiger partial charge in [0.1, 0.15) is 11.6 Å². The van der Waals surface area contributed by atoms with Crippen LogP contribution in [0, 0.1) is 11.6 Å². The van der Waals surface area contributed by atoms with Crippen LogP contribution in [0.4, 0.5) is 8.78 Å². The lowest BCUT2D eigenvalue weighted by molar-refractivity contribution is 0.519. The molecule has 1 atom stereocenters. The molecule has 0 bridgehead atoms. The number of hydrogen-bond donors (Lipinski definition) is 1. The van der Waals surface area contributed by atoms with Gasteiger partial charge in [-0.1, -0.05) is 13.0 Å². The maximum absolute atomic E-state index is 13.6. The molecule has 0 fully saturated rings. The van der Waals surface area contributed by atoms with Crippen molar-refractivity contribution in [1.29, 1.82) is 0 Å². The van der Waals surface area contributed by atoms with E-state index in [4.69, 9.17) is 0 Å². The maximum atomic E-state index is 13.6. The van der Waals surface area contributed by atoms with E-state index in [2.05, 4.69) is 24.4 Å². The van der Waals surface area contributed by atoms with Crippen molar-refractivity contribution in [2.75, 3.05) is 0 Å². The molecule has 1 aromatic heterocycles. The molecule has 102 valence electrons. The van der Waals surface area contributed by atoms with Gasteiger partial charge in [-0.3, -0.25) is 0 Å². The van der Waals surface area contributed by atoms with Crippen LogP contribution in [0.3, 0.4) is 0 Å². The SMILES string of the molecule is CCc1ccc(CNC(C)c2ccc(F)cc2F)s1. The van der Waals surface area contributed by atoms with Crippen molar-refractivity contribution in [3.63, 3.8) is 0 Å². The van der Waals surface area contributed by atoms with Gasteiger partial charge < -0.3 is 5.32 Å². The number of benzene rings is 1. The molecule has 0 saturated heterocycles. The van der Waals surface area contributed by atoms with Gasteiger partial charge in [-0.25, -0.2) is 8.78 Å². The molecule has 19 heavy (non-hydrogen) atoms. The van der Waals surface area contributed by atoms with Gasteiger partial charge in [0.15, 0.2) is 0 Å². The highest BCUT2D eigenvalue weighted by Gasteiger charge is 2.11. The predicted molar refractivity (Wildman–Crippen MR) is 75.3 cm³/mol. The van der Waals surface area contributed by atoms with Gasteiger partial charge in [0.05, 0.1) is 0 Å². The summed E-state index contributed by atoms with van der Waals surface area (Å²) in [5.74, 6) is -1.04. The lowest BCUT2D eigenvalue weighted by Gasteiger charge is -2.14. The van der Waals surface area contributed by atoms with E-state index in [0.29, 0.717) is 12.1 Å². The molecule has 0 aliphatic carbocycles. The van der Waals surface area contributed by atoms with Gasteiger partial charge >= 0.3 is 0 Å². The van der Waals surface area contributed by atoms with E-state index in [0.717, 1.165) is 12.5 Å². The summed E-state index contributed by atoms with van der Waals surface area (Å²) >= 11 is 1.76. The highest BCUT2D eigenvalue weighted by atomic mass is 32.1. The zero-order valence-corrected chi connectivity index (χ0v) is 11.9. The second-order valence-corrected chi connectivity index (χ2v) is 5.74. The summed E-state index contributed by atoms with van der Waals surface area (Å²) in [6.45, 7) is 4.70. The fourth-order valence-corrected chi connectivity index (χ4v) is 2.83. The van der Waals surface area contributed by atoms with Gasteiger partial charge in [0.25, 0.3) is 0 Å². The van der Waals surface area contributed by atoms with Crippen LogP contribution in [-0.4, -0.2) is 0 Å². The largest absolute Gasteiger partial charge is 0.305 e. The van der Waals surface area contributed by atoms with Crippen molar-refractivity contribution in [3.05, 3.63) is 57.3 Å². The maximum Gasteiger partial charge on any atom is 0.130 e. The summed E-state index contributed by atoms with van der Waals surface area (Å²) in [4.78, 5) is 2.57. The van der Waals surface area contributed by atoms with Gasteiger partial charge in [-0.05, 0) is 31.5 Å². The van der Waals surface area contributed by atoms with Crippen LogP contribution in [0.1, 0.15) is 35.2 Å². The summed E-state index contributed by atoms with van der Waals surface area (Å²) < 4.78 is 26.5. The molecular weight excluding hydrogens is 264 g/mol. The first kappa shape index (κ1) is 14.2. The molecule has 0 spiro atoms. The number of aryl methyl sites for hydroxylation is 1. The number of hydrogen-bond acceptors (Lipinski definition) is 2. The predicted octanol–water partition coefficient (Wildman–Crippen LogP) is 4.44. The Morgan fingerprint density at radius 2 is 1.89 bits per heavy atom. The molecule has 1 unspecified atom stereocenters. The molecule has 0 aliphatic heterocycles. The van der Waals surface area contributed by atoms with Crippen molar-refractivity contribution in [1.82, 2.24) is 5.32 Å². The first-order chi connectivity index (χ1) is 9.10. The Labute approximate surface area is 116 Å². The molecule has 2 aromatic rings. The monoisotopic (exact) mass is 281 g/mol. The molecule has 1 nitrogen and oxygen atoms in total. The lowest BCUT2D eigenvalue weighted by atomic mass is 10.1. The number of thiophene rings is 1. The van der Waals surface area contributed by atoms with Gasteiger partial charge in [0, 0.05) is 34.0 Å². The Hall–Kier alpha value is -1.26. The van der Waals surface area contributed by atoms with Crippen LogP contribution in [0.2, 0.25) is 0 Å². The summed E-state index contributed by atoms with van der Waals surface area (Å²) in [5, 5.41) is 3.26. The van der Waals surface area contributed by atoms with Crippen LogP contribution >= 0.6 is 11.3 Å². The highest BCUT2D eigenvalue weighted by Crippen LogP contribution is 2.20. The standard InChI is InChI=1S/C15H17F2NS/c1-3-12-5-6-13(19-12)9-18-10(2)14-7-4-11(16)8-15(14)17/h4-8,10,18H,3,9H2,1-2H3. The Kier molecular flexibility index (Phi) is 4.66. The Morgan fingerprint density at radius 3 is 2.53 bits per heavy atom. The second kappa shape index (κ2) is 6.26. The molecule has 1 aromatic carbocycles. The molecule has 0 amide bonds. The number of rotatable bonds is 5. The first-order valence-corrected chi connectivity index (χ1v) is 7.17. The Morgan fingerprint density at radius 1 is 1.16 bits per heavy atom.